The predicted molar refractivity (Wildman–Crippen MR) is 95.3 cm³/mol. The Morgan fingerprint density at radius 2 is 1.22 bits per heavy atom. The van der Waals surface area contributed by atoms with Gasteiger partial charge in [-0.3, -0.25) is 4.79 Å². The Morgan fingerprint density at radius 3 is 1.70 bits per heavy atom. The van der Waals surface area contributed by atoms with Gasteiger partial charge in [0.25, 0.3) is 5.91 Å². The van der Waals surface area contributed by atoms with Crippen molar-refractivity contribution in [3.05, 3.63) is 9.81 Å². The van der Waals surface area contributed by atoms with E-state index in [9.17, 15) is 14.6 Å². The van der Waals surface area contributed by atoms with E-state index in [1.54, 1.807) is 0 Å². The van der Waals surface area contributed by atoms with E-state index in [0.717, 1.165) is 44.9 Å². The molecule has 0 saturated carbocycles. The lowest BCUT2D eigenvalue weighted by Crippen LogP contribution is -2.03. The Kier molecular flexibility index (Phi) is 16.4. The smallest absolute Gasteiger partial charge is 0.269 e. The summed E-state index contributed by atoms with van der Waals surface area (Å²) in [5.41, 5.74) is 0. The van der Waals surface area contributed by atoms with Gasteiger partial charge in [0.2, 0.25) is 0 Å². The lowest BCUT2D eigenvalue weighted by atomic mass is 10.0. The number of rotatable bonds is 17. The summed E-state index contributed by atoms with van der Waals surface area (Å²) >= 11 is 0. The van der Waals surface area contributed by atoms with Gasteiger partial charge >= 0.3 is 0 Å². The minimum Gasteiger partial charge on any atom is -0.269 e. The molecule has 0 bridgehead atoms. The maximum Gasteiger partial charge on any atom is 0.286 e. The van der Waals surface area contributed by atoms with E-state index in [1.807, 2.05) is 0 Å². The average Bonchev–Trinajstić information content (AvgIpc) is 2.57. The standard InChI is InChI=1S/C18H34N2O3/c1-2-3-4-11-14-17(19-22)15-12-9-7-5-6-8-10-13-16-18(21)20-23/h17H,2-16H2,1H3/t17-/m1/s1. The second-order valence-corrected chi connectivity index (χ2v) is 6.46. The van der Waals surface area contributed by atoms with Gasteiger partial charge in [0, 0.05) is 11.6 Å². The zero-order valence-electron chi connectivity index (χ0n) is 14.8. The second kappa shape index (κ2) is 17.2. The molecule has 1 atom stereocenters. The Morgan fingerprint density at radius 1 is 0.739 bits per heavy atom. The number of amides is 1. The molecule has 0 aliphatic heterocycles. The van der Waals surface area contributed by atoms with Crippen LogP contribution in [0.3, 0.4) is 0 Å². The fourth-order valence-corrected chi connectivity index (χ4v) is 2.82. The summed E-state index contributed by atoms with van der Waals surface area (Å²) in [6.07, 6.45) is 15.8. The molecule has 5 nitrogen and oxygen atoms in total. The molecule has 0 aliphatic carbocycles. The summed E-state index contributed by atoms with van der Waals surface area (Å²) in [4.78, 5) is 31.4. The summed E-state index contributed by atoms with van der Waals surface area (Å²) < 4.78 is 0. The number of nitroso groups, excluding NO2 is 2. The van der Waals surface area contributed by atoms with Crippen LogP contribution in [0, 0.1) is 9.81 Å². The van der Waals surface area contributed by atoms with Gasteiger partial charge in [-0.05, 0) is 19.3 Å². The van der Waals surface area contributed by atoms with E-state index in [0.29, 0.717) is 6.42 Å². The minimum atomic E-state index is -0.530. The fourth-order valence-electron chi connectivity index (χ4n) is 2.82. The van der Waals surface area contributed by atoms with Crippen molar-refractivity contribution in [3.63, 3.8) is 0 Å². The minimum absolute atomic E-state index is 0.0239. The summed E-state index contributed by atoms with van der Waals surface area (Å²) in [6, 6.07) is 0.0239. The van der Waals surface area contributed by atoms with Gasteiger partial charge in [-0.15, -0.1) is 4.91 Å². The molecule has 0 heterocycles. The maximum absolute atomic E-state index is 10.8. The summed E-state index contributed by atoms with van der Waals surface area (Å²) in [6.45, 7) is 2.19. The van der Waals surface area contributed by atoms with Crippen LogP contribution in [-0.2, 0) is 4.79 Å². The monoisotopic (exact) mass is 326 g/mol. The highest BCUT2D eigenvalue weighted by atomic mass is 16.3. The highest BCUT2D eigenvalue weighted by Crippen LogP contribution is 2.16. The molecule has 0 spiro atoms. The van der Waals surface area contributed by atoms with Crippen molar-refractivity contribution < 1.29 is 4.79 Å². The van der Waals surface area contributed by atoms with Gasteiger partial charge in [-0.2, -0.15) is 4.91 Å². The van der Waals surface area contributed by atoms with Crippen LogP contribution in [0.25, 0.3) is 0 Å². The first-order valence-corrected chi connectivity index (χ1v) is 9.43. The van der Waals surface area contributed by atoms with E-state index >= 15 is 0 Å². The highest BCUT2D eigenvalue weighted by molar-refractivity contribution is 5.76. The maximum atomic E-state index is 10.8. The zero-order valence-corrected chi connectivity index (χ0v) is 14.8. The van der Waals surface area contributed by atoms with Crippen molar-refractivity contribution in [3.8, 4) is 0 Å². The van der Waals surface area contributed by atoms with Crippen LogP contribution in [0.5, 0.6) is 0 Å². The van der Waals surface area contributed by atoms with Crippen molar-refractivity contribution in [2.24, 2.45) is 10.4 Å². The number of unbranched alkanes of at least 4 members (excludes halogenated alkanes) is 10. The molecule has 1 amide bonds. The molecule has 0 N–H and O–H groups in total. The molecular weight excluding hydrogens is 292 g/mol. The van der Waals surface area contributed by atoms with Crippen LogP contribution in [-0.4, -0.2) is 11.9 Å². The van der Waals surface area contributed by atoms with Crippen molar-refractivity contribution in [2.75, 3.05) is 0 Å². The van der Waals surface area contributed by atoms with Crippen molar-refractivity contribution in [1.82, 2.24) is 0 Å². The number of hydrogen-bond acceptors (Lipinski definition) is 4. The van der Waals surface area contributed by atoms with Crippen LogP contribution in [0.1, 0.15) is 103 Å². The van der Waals surface area contributed by atoms with Crippen LogP contribution in [0.15, 0.2) is 10.4 Å². The molecule has 0 aromatic carbocycles. The number of carbonyl (C=O) groups is 1. The van der Waals surface area contributed by atoms with Gasteiger partial charge in [0.05, 0.1) is 6.04 Å². The molecule has 0 rings (SSSR count). The number of carbonyl (C=O) groups excluding carboxylic acids is 1. The van der Waals surface area contributed by atoms with Crippen molar-refractivity contribution >= 4 is 5.91 Å². The molecule has 0 radical (unpaired) electrons. The number of hydrogen-bond donors (Lipinski definition) is 0. The third-order valence-corrected chi connectivity index (χ3v) is 4.32. The Hall–Kier alpha value is -1.13. The third-order valence-electron chi connectivity index (χ3n) is 4.32. The highest BCUT2D eigenvalue weighted by Gasteiger charge is 2.07. The summed E-state index contributed by atoms with van der Waals surface area (Å²) in [7, 11) is 0. The lowest BCUT2D eigenvalue weighted by Gasteiger charge is -2.08. The quantitative estimate of drug-likeness (QED) is 0.233. The molecule has 0 aromatic heterocycles. The van der Waals surface area contributed by atoms with Gasteiger partial charge in [0.15, 0.2) is 0 Å². The van der Waals surface area contributed by atoms with Gasteiger partial charge in [-0.1, -0.05) is 82.7 Å². The molecule has 0 aromatic rings. The predicted octanol–water partition coefficient (Wildman–Crippen LogP) is 6.29. The summed E-state index contributed by atoms with van der Waals surface area (Å²) in [5.74, 6) is -0.530. The summed E-state index contributed by atoms with van der Waals surface area (Å²) in [5, 5.41) is 5.65. The zero-order chi connectivity index (χ0) is 17.2. The normalized spacial score (nSPS) is 12.0. The molecule has 23 heavy (non-hydrogen) atoms. The van der Waals surface area contributed by atoms with E-state index in [1.165, 1.54) is 44.9 Å². The van der Waals surface area contributed by atoms with E-state index < -0.39 is 5.91 Å². The van der Waals surface area contributed by atoms with Gasteiger partial charge < -0.3 is 0 Å². The van der Waals surface area contributed by atoms with Crippen molar-refractivity contribution in [1.29, 1.82) is 0 Å². The Bertz CT molecular complexity index is 309. The molecule has 134 valence electrons. The first-order chi connectivity index (χ1) is 11.2. The fraction of sp³-hybridized carbons (Fsp3) is 0.944. The van der Waals surface area contributed by atoms with Crippen LogP contribution in [0.2, 0.25) is 0 Å². The van der Waals surface area contributed by atoms with E-state index in [4.69, 9.17) is 0 Å². The molecule has 5 heteroatoms. The van der Waals surface area contributed by atoms with Crippen LogP contribution in [0.4, 0.5) is 0 Å². The first-order valence-electron chi connectivity index (χ1n) is 9.43. The SMILES string of the molecule is CCCCCC[C@H](CCCCCCCCCCC(=O)N=O)N=O. The number of nitrogens with zero attached hydrogens (tertiary/aromatic N) is 2. The second-order valence-electron chi connectivity index (χ2n) is 6.46. The van der Waals surface area contributed by atoms with E-state index in [-0.39, 0.29) is 6.04 Å². The van der Waals surface area contributed by atoms with Gasteiger partial charge in [0.1, 0.15) is 0 Å². The lowest BCUT2D eigenvalue weighted by molar-refractivity contribution is -0.118. The largest absolute Gasteiger partial charge is 0.286 e. The van der Waals surface area contributed by atoms with Gasteiger partial charge in [-0.25, -0.2) is 0 Å². The van der Waals surface area contributed by atoms with Crippen molar-refractivity contribution in [2.45, 2.75) is 109 Å². The molecule has 0 aliphatic rings. The molecule has 0 saturated heterocycles. The van der Waals surface area contributed by atoms with Crippen LogP contribution < -0.4 is 0 Å². The topological polar surface area (TPSA) is 75.9 Å². The first kappa shape index (κ1) is 21.9. The van der Waals surface area contributed by atoms with E-state index in [2.05, 4.69) is 17.3 Å². The molecule has 0 unspecified atom stereocenters. The Balaban J connectivity index is 3.31. The molecular formula is C18H34N2O3. The third kappa shape index (κ3) is 15.5. The van der Waals surface area contributed by atoms with Crippen LogP contribution >= 0.6 is 0 Å². The Labute approximate surface area is 140 Å². The average molecular weight is 326 g/mol. The molecule has 0 fully saturated rings.